The third-order valence-corrected chi connectivity index (χ3v) is 8.01. The van der Waals surface area contributed by atoms with Crippen LogP contribution in [0.3, 0.4) is 0 Å². The Hall–Kier alpha value is -4.12. The normalized spacial score (nSPS) is 12.6. The molecule has 15 nitrogen and oxygen atoms in total. The number of pyridine rings is 1. The van der Waals surface area contributed by atoms with Crippen LogP contribution in [0.25, 0.3) is 11.0 Å². The number of carbonyl (C=O) groups is 3. The molecule has 1 aromatic carbocycles. The number of aromatic nitrogens is 5. The first-order chi connectivity index (χ1) is 24.7. The van der Waals surface area contributed by atoms with Gasteiger partial charge in [0, 0.05) is 77.9 Å². The van der Waals surface area contributed by atoms with Crippen molar-refractivity contribution in [2.45, 2.75) is 40.3 Å². The largest absolute Gasteiger partial charge is 1.00 e. The second-order valence-electron chi connectivity index (χ2n) is 11.9. The second kappa shape index (κ2) is 22.8. The van der Waals surface area contributed by atoms with E-state index in [4.69, 9.17) is 14.5 Å². The maximum absolute atomic E-state index is 13.5. The fourth-order valence-electron chi connectivity index (χ4n) is 5.58. The van der Waals surface area contributed by atoms with E-state index in [-0.39, 0.29) is 48.8 Å². The molecular formula is C37H52N9NaO6. The number of fused-ring (bicyclic) bond motifs is 1. The third kappa shape index (κ3) is 12.5. The van der Waals surface area contributed by atoms with E-state index in [9.17, 15) is 14.4 Å². The van der Waals surface area contributed by atoms with Gasteiger partial charge in [0.1, 0.15) is 22.8 Å². The molecule has 1 aliphatic rings. The maximum Gasteiger partial charge on any atom is 1.00 e. The number of hydrogen-bond acceptors (Lipinski definition) is 11. The Balaban J connectivity index is 0.00000188. The summed E-state index contributed by atoms with van der Waals surface area (Å²) in [6, 6.07) is 6.93. The summed E-state index contributed by atoms with van der Waals surface area (Å²) in [7, 11) is 4.82. The molecular weight excluding hydrogens is 689 g/mol. The number of nitrogens with one attached hydrogen (secondary N) is 3. The number of nitrogens with zero attached hydrogens (tertiary/aromatic N) is 6. The van der Waals surface area contributed by atoms with Crippen LogP contribution in [0.1, 0.15) is 55.8 Å². The molecule has 0 atom stereocenters. The Morgan fingerprint density at radius 1 is 1.06 bits per heavy atom. The summed E-state index contributed by atoms with van der Waals surface area (Å²) in [5.41, 5.74) is 4.11. The van der Waals surface area contributed by atoms with Gasteiger partial charge < -0.3 is 36.8 Å². The number of amides is 2. The van der Waals surface area contributed by atoms with E-state index in [1.54, 1.807) is 50.2 Å². The zero-order valence-electron chi connectivity index (χ0n) is 32.3. The first-order valence-corrected chi connectivity index (χ1v) is 17.0. The number of carbonyl (C=O) groups excluding carboxylic acids is 3. The van der Waals surface area contributed by atoms with Crippen LogP contribution in [0.15, 0.2) is 42.6 Å². The Labute approximate surface area is 334 Å². The van der Waals surface area contributed by atoms with Gasteiger partial charge in [0.05, 0.1) is 31.0 Å². The average Bonchev–Trinajstić information content (AvgIpc) is 3.69. The minimum atomic E-state index is -0.348. The standard InChI is InChI=1S/C34H43N9O5.C2H6O.CH3.Na/c1-5-43-28(18-24(3)40-43)33(46)39-34-38-27-19-26(32(45)35-4)20-29(48-14-8-10-41-12-15-47-16-13-41)30(27)42(34)11-7-6-9-36-31-23(2)17-25(22-44)21-37-31;1-3-2;;/h6-7,17-22H,5,8-16H2,1-4H3,(H,35,45)(H,36,37)(H,38,39,46);1-2H3;1H3;/q;;-1;+1/b7-6+;;;. The number of rotatable bonds is 15. The van der Waals surface area contributed by atoms with Crippen LogP contribution in [0.4, 0.5) is 11.8 Å². The van der Waals surface area contributed by atoms with Crippen molar-refractivity contribution >= 4 is 40.9 Å². The molecule has 1 saturated heterocycles. The number of allylic oxidation sites excluding steroid dienone is 1. The van der Waals surface area contributed by atoms with Gasteiger partial charge in [-0.3, -0.25) is 29.3 Å². The van der Waals surface area contributed by atoms with Crippen LogP contribution < -0.4 is 50.2 Å². The Morgan fingerprint density at radius 3 is 2.45 bits per heavy atom. The van der Waals surface area contributed by atoms with Crippen LogP contribution in [-0.4, -0.2) is 115 Å². The van der Waals surface area contributed by atoms with Crippen molar-refractivity contribution in [1.82, 2.24) is 34.5 Å². The molecule has 4 heterocycles. The molecule has 0 radical (unpaired) electrons. The monoisotopic (exact) mass is 741 g/mol. The van der Waals surface area contributed by atoms with E-state index in [0.717, 1.165) is 56.8 Å². The summed E-state index contributed by atoms with van der Waals surface area (Å²) < 4.78 is 19.6. The van der Waals surface area contributed by atoms with Crippen molar-refractivity contribution in [1.29, 1.82) is 0 Å². The smallest absolute Gasteiger partial charge is 0.491 e. The number of ether oxygens (including phenoxy) is 3. The molecule has 3 N–H and O–H groups in total. The van der Waals surface area contributed by atoms with Gasteiger partial charge in [-0.15, -0.1) is 0 Å². The molecule has 1 aliphatic heterocycles. The van der Waals surface area contributed by atoms with Gasteiger partial charge >= 0.3 is 29.6 Å². The number of benzene rings is 1. The molecule has 0 saturated carbocycles. The Kier molecular flexibility index (Phi) is 19.4. The van der Waals surface area contributed by atoms with Crippen molar-refractivity contribution in [2.24, 2.45) is 0 Å². The van der Waals surface area contributed by atoms with Crippen molar-refractivity contribution in [3.8, 4) is 5.75 Å². The summed E-state index contributed by atoms with van der Waals surface area (Å²) in [5, 5.41) is 13.3. The number of aryl methyl sites for hydroxylation is 3. The Bertz CT molecular complexity index is 1820. The van der Waals surface area contributed by atoms with Crippen molar-refractivity contribution in [3.63, 3.8) is 0 Å². The van der Waals surface area contributed by atoms with Gasteiger partial charge in [-0.05, 0) is 57.0 Å². The molecule has 0 spiro atoms. The number of morpholine rings is 1. The fourth-order valence-corrected chi connectivity index (χ4v) is 5.58. The SMILES string of the molecule is CCn1nc(C)cc1C(=O)Nc1nc2cc(C(=O)NC)cc(OCCCN3CCOCC3)c2n1C/C=C/CNc1ncc(C=O)cc1C.COC.[CH3-].[Na+]. The summed E-state index contributed by atoms with van der Waals surface area (Å²) in [6.07, 6.45) is 6.99. The minimum absolute atomic E-state index is 0. The number of anilines is 2. The van der Waals surface area contributed by atoms with Crippen molar-refractivity contribution < 1.29 is 58.2 Å². The van der Waals surface area contributed by atoms with Gasteiger partial charge in [-0.1, -0.05) is 12.2 Å². The molecule has 1 fully saturated rings. The molecule has 4 aromatic rings. The molecule has 0 bridgehead atoms. The number of aldehydes is 1. The molecule has 16 heteroatoms. The molecule has 0 aliphatic carbocycles. The summed E-state index contributed by atoms with van der Waals surface area (Å²) in [4.78, 5) is 48.8. The summed E-state index contributed by atoms with van der Waals surface area (Å²) in [5.74, 6) is 0.872. The first kappa shape index (κ1) is 45.0. The molecule has 53 heavy (non-hydrogen) atoms. The van der Waals surface area contributed by atoms with Gasteiger partial charge in [0.2, 0.25) is 5.95 Å². The summed E-state index contributed by atoms with van der Waals surface area (Å²) in [6.45, 7) is 11.6. The minimum Gasteiger partial charge on any atom is -0.491 e. The zero-order chi connectivity index (χ0) is 36.8. The predicted molar refractivity (Wildman–Crippen MR) is 202 cm³/mol. The Morgan fingerprint density at radius 2 is 1.79 bits per heavy atom. The van der Waals surface area contributed by atoms with E-state index in [2.05, 4.69) is 35.7 Å². The molecule has 2 amide bonds. The van der Waals surface area contributed by atoms with Gasteiger partial charge in [-0.2, -0.15) is 5.10 Å². The number of imidazole rings is 1. The second-order valence-corrected chi connectivity index (χ2v) is 11.9. The molecule has 282 valence electrons. The maximum atomic E-state index is 13.5. The van der Waals surface area contributed by atoms with Crippen molar-refractivity contribution in [2.75, 3.05) is 77.9 Å². The van der Waals surface area contributed by atoms with Gasteiger partial charge in [-0.25, -0.2) is 9.97 Å². The average molecular weight is 742 g/mol. The van der Waals surface area contributed by atoms with E-state index in [1.165, 1.54) is 6.20 Å². The topological polar surface area (TPSA) is 167 Å². The fraction of sp³-hybridized carbons (Fsp3) is 0.432. The third-order valence-electron chi connectivity index (χ3n) is 8.01. The van der Waals surface area contributed by atoms with Crippen LogP contribution >= 0.6 is 0 Å². The first-order valence-electron chi connectivity index (χ1n) is 17.0. The van der Waals surface area contributed by atoms with Crippen LogP contribution in [-0.2, 0) is 22.6 Å². The predicted octanol–water partition coefficient (Wildman–Crippen LogP) is 1.18. The number of methoxy groups -OCH3 is 1. The molecule has 0 unspecified atom stereocenters. The van der Waals surface area contributed by atoms with E-state index < -0.39 is 0 Å². The van der Waals surface area contributed by atoms with E-state index >= 15 is 0 Å². The zero-order valence-corrected chi connectivity index (χ0v) is 34.3. The van der Waals surface area contributed by atoms with Crippen LogP contribution in [0, 0.1) is 21.3 Å². The summed E-state index contributed by atoms with van der Waals surface area (Å²) >= 11 is 0. The van der Waals surface area contributed by atoms with Crippen LogP contribution in [0.2, 0.25) is 0 Å². The van der Waals surface area contributed by atoms with Crippen LogP contribution in [0.5, 0.6) is 5.75 Å². The molecule has 3 aromatic heterocycles. The van der Waals surface area contributed by atoms with Crippen molar-refractivity contribution in [3.05, 3.63) is 78.1 Å². The number of hydrogen-bond donors (Lipinski definition) is 3. The van der Waals surface area contributed by atoms with Gasteiger partial charge in [0.15, 0.2) is 6.29 Å². The van der Waals surface area contributed by atoms with E-state index in [0.29, 0.717) is 71.6 Å². The quantitative estimate of drug-likeness (QED) is 0.0527. The molecule has 5 rings (SSSR count). The van der Waals surface area contributed by atoms with E-state index in [1.807, 2.05) is 37.5 Å². The van der Waals surface area contributed by atoms with Gasteiger partial charge in [0.25, 0.3) is 11.8 Å².